The maximum Gasteiger partial charge on any atom is 0.404 e. The Morgan fingerprint density at radius 1 is 1.29 bits per heavy atom. The van der Waals surface area contributed by atoms with Crippen LogP contribution in [0.2, 0.25) is 0 Å². The van der Waals surface area contributed by atoms with E-state index in [0.717, 1.165) is 0 Å². The lowest BCUT2D eigenvalue weighted by molar-refractivity contribution is -0.154. The molecule has 0 saturated heterocycles. The Bertz CT molecular complexity index is 406. The van der Waals surface area contributed by atoms with Crippen molar-refractivity contribution in [3.8, 4) is 11.5 Å². The summed E-state index contributed by atoms with van der Waals surface area (Å²) < 4.78 is 47.9. The van der Waals surface area contributed by atoms with Gasteiger partial charge in [-0.05, 0) is 31.2 Å². The van der Waals surface area contributed by atoms with Crippen LogP contribution < -0.4 is 14.8 Å². The second-order valence-corrected chi connectivity index (χ2v) is 3.77. The largest absolute Gasteiger partial charge is 0.454 e. The summed E-state index contributed by atoms with van der Waals surface area (Å²) in [6.45, 7) is 0.119. The van der Waals surface area contributed by atoms with Crippen molar-refractivity contribution >= 4 is 0 Å². The first kappa shape index (κ1) is 12.0. The second kappa shape index (κ2) is 4.44. The van der Waals surface area contributed by atoms with Crippen LogP contribution in [-0.4, -0.2) is 26.1 Å². The number of hydrogen-bond acceptors (Lipinski definition) is 3. The van der Waals surface area contributed by atoms with Gasteiger partial charge in [0.25, 0.3) is 0 Å². The third-order valence-corrected chi connectivity index (χ3v) is 2.62. The van der Waals surface area contributed by atoms with Gasteiger partial charge in [0.2, 0.25) is 6.79 Å². The molecule has 1 atom stereocenters. The average Bonchev–Trinajstić information content (AvgIpc) is 2.71. The zero-order valence-electron chi connectivity index (χ0n) is 9.17. The number of hydrogen-bond donors (Lipinski definition) is 1. The van der Waals surface area contributed by atoms with Crippen LogP contribution in [0, 0.1) is 0 Å². The number of rotatable bonds is 3. The highest BCUT2D eigenvalue weighted by molar-refractivity contribution is 5.44. The lowest BCUT2D eigenvalue weighted by atomic mass is 10.1. The highest BCUT2D eigenvalue weighted by Crippen LogP contribution is 2.33. The molecule has 0 radical (unpaired) electrons. The van der Waals surface area contributed by atoms with E-state index in [1.54, 1.807) is 18.2 Å². The van der Waals surface area contributed by atoms with Gasteiger partial charge in [-0.1, -0.05) is 6.07 Å². The first-order chi connectivity index (χ1) is 8.00. The van der Waals surface area contributed by atoms with E-state index in [4.69, 9.17) is 9.47 Å². The third kappa shape index (κ3) is 2.63. The highest BCUT2D eigenvalue weighted by Gasteiger charge is 2.38. The molecule has 0 saturated carbocycles. The summed E-state index contributed by atoms with van der Waals surface area (Å²) in [7, 11) is 1.30. The first-order valence-corrected chi connectivity index (χ1v) is 5.13. The maximum absolute atomic E-state index is 12.6. The fraction of sp³-hybridized carbons (Fsp3) is 0.455. The van der Waals surface area contributed by atoms with Crippen molar-refractivity contribution < 1.29 is 22.6 Å². The molecule has 1 N–H and O–H groups in total. The van der Waals surface area contributed by atoms with Gasteiger partial charge in [-0.15, -0.1) is 0 Å². The molecule has 17 heavy (non-hydrogen) atoms. The summed E-state index contributed by atoms with van der Waals surface area (Å²) >= 11 is 0. The van der Waals surface area contributed by atoms with Gasteiger partial charge in [0.05, 0.1) is 0 Å². The van der Waals surface area contributed by atoms with Crippen LogP contribution in [0.15, 0.2) is 18.2 Å². The zero-order chi connectivity index (χ0) is 12.5. The van der Waals surface area contributed by atoms with E-state index >= 15 is 0 Å². The van der Waals surface area contributed by atoms with Gasteiger partial charge in [-0.2, -0.15) is 13.2 Å². The van der Waals surface area contributed by atoms with Crippen molar-refractivity contribution in [3.63, 3.8) is 0 Å². The SMILES string of the molecule is CNC(Cc1ccc2c(c1)OCO2)C(F)(F)F. The molecule has 0 aromatic heterocycles. The zero-order valence-corrected chi connectivity index (χ0v) is 9.17. The molecule has 1 aliphatic heterocycles. The van der Waals surface area contributed by atoms with Crippen molar-refractivity contribution in [2.45, 2.75) is 18.6 Å². The Balaban J connectivity index is 2.13. The average molecular weight is 247 g/mol. The Hall–Kier alpha value is -1.43. The maximum atomic E-state index is 12.6. The molecule has 0 amide bonds. The molecule has 1 aromatic rings. The van der Waals surface area contributed by atoms with Crippen LogP contribution in [0.3, 0.4) is 0 Å². The topological polar surface area (TPSA) is 30.5 Å². The molecule has 94 valence electrons. The summed E-state index contributed by atoms with van der Waals surface area (Å²) in [5, 5.41) is 2.26. The van der Waals surface area contributed by atoms with E-state index in [1.807, 2.05) is 0 Å². The first-order valence-electron chi connectivity index (χ1n) is 5.13. The molecular weight excluding hydrogens is 235 g/mol. The molecule has 0 aliphatic carbocycles. The van der Waals surface area contributed by atoms with Gasteiger partial charge in [0, 0.05) is 0 Å². The van der Waals surface area contributed by atoms with Crippen LogP contribution in [0.1, 0.15) is 5.56 Å². The number of nitrogens with one attached hydrogen (secondary N) is 1. The van der Waals surface area contributed by atoms with Crippen molar-refractivity contribution in [1.82, 2.24) is 5.32 Å². The normalized spacial score (nSPS) is 16.0. The van der Waals surface area contributed by atoms with Gasteiger partial charge < -0.3 is 14.8 Å². The molecule has 1 unspecified atom stereocenters. The summed E-state index contributed by atoms with van der Waals surface area (Å²) in [6.07, 6.45) is -4.39. The van der Waals surface area contributed by atoms with E-state index in [0.29, 0.717) is 17.1 Å². The quantitative estimate of drug-likeness (QED) is 0.887. The molecule has 0 spiro atoms. The number of likely N-dealkylation sites (N-methyl/N-ethyl adjacent to an activating group) is 1. The minimum atomic E-state index is -4.26. The number of alkyl halides is 3. The Kier molecular flexibility index (Phi) is 3.15. The molecule has 1 heterocycles. The molecule has 0 fully saturated rings. The number of ether oxygens (including phenoxy) is 2. The van der Waals surface area contributed by atoms with Gasteiger partial charge in [-0.3, -0.25) is 0 Å². The Labute approximate surface area is 96.5 Å². The highest BCUT2D eigenvalue weighted by atomic mass is 19.4. The van der Waals surface area contributed by atoms with Crippen molar-refractivity contribution in [2.24, 2.45) is 0 Å². The summed E-state index contributed by atoms with van der Waals surface area (Å²) in [5.41, 5.74) is 0.561. The molecule has 6 heteroatoms. The standard InChI is InChI=1S/C11H12F3NO2/c1-15-10(11(12,13)14)5-7-2-3-8-9(4-7)17-6-16-8/h2-4,10,15H,5-6H2,1H3. The Morgan fingerprint density at radius 3 is 2.65 bits per heavy atom. The smallest absolute Gasteiger partial charge is 0.404 e. The predicted molar refractivity (Wildman–Crippen MR) is 55.2 cm³/mol. The molecule has 0 bridgehead atoms. The summed E-state index contributed by atoms with van der Waals surface area (Å²) in [6, 6.07) is 3.27. The van der Waals surface area contributed by atoms with Crippen molar-refractivity contribution in [1.29, 1.82) is 0 Å². The molecular formula is C11H12F3NO2. The lowest BCUT2D eigenvalue weighted by Gasteiger charge is -2.19. The monoisotopic (exact) mass is 247 g/mol. The predicted octanol–water partition coefficient (Wildman–Crippen LogP) is 2.11. The lowest BCUT2D eigenvalue weighted by Crippen LogP contribution is -2.41. The summed E-state index contributed by atoms with van der Waals surface area (Å²) in [5.74, 6) is 1.07. The van der Waals surface area contributed by atoms with Crippen molar-refractivity contribution in [3.05, 3.63) is 23.8 Å². The number of fused-ring (bicyclic) bond motifs is 1. The fourth-order valence-corrected chi connectivity index (χ4v) is 1.69. The van der Waals surface area contributed by atoms with Gasteiger partial charge in [-0.25, -0.2) is 0 Å². The minimum Gasteiger partial charge on any atom is -0.454 e. The minimum absolute atomic E-state index is 0.119. The van der Waals surface area contributed by atoms with E-state index in [9.17, 15) is 13.2 Å². The molecule has 1 aromatic carbocycles. The molecule has 2 rings (SSSR count). The van der Waals surface area contributed by atoms with E-state index in [1.165, 1.54) is 7.05 Å². The summed E-state index contributed by atoms with van der Waals surface area (Å²) in [4.78, 5) is 0. The van der Waals surface area contributed by atoms with Crippen LogP contribution in [-0.2, 0) is 6.42 Å². The van der Waals surface area contributed by atoms with Crippen LogP contribution >= 0.6 is 0 Å². The van der Waals surface area contributed by atoms with Gasteiger partial charge in [0.1, 0.15) is 6.04 Å². The fourth-order valence-electron chi connectivity index (χ4n) is 1.69. The Morgan fingerprint density at radius 2 is 2.00 bits per heavy atom. The number of benzene rings is 1. The van der Waals surface area contributed by atoms with E-state index in [2.05, 4.69) is 5.32 Å². The van der Waals surface area contributed by atoms with E-state index in [-0.39, 0.29) is 13.2 Å². The van der Waals surface area contributed by atoms with Crippen LogP contribution in [0.4, 0.5) is 13.2 Å². The molecule has 3 nitrogen and oxygen atoms in total. The third-order valence-electron chi connectivity index (χ3n) is 2.62. The molecule has 1 aliphatic rings. The van der Waals surface area contributed by atoms with Crippen LogP contribution in [0.5, 0.6) is 11.5 Å². The van der Waals surface area contributed by atoms with E-state index < -0.39 is 12.2 Å². The van der Waals surface area contributed by atoms with Gasteiger partial charge >= 0.3 is 6.18 Å². The second-order valence-electron chi connectivity index (χ2n) is 3.77. The van der Waals surface area contributed by atoms with Crippen molar-refractivity contribution in [2.75, 3.05) is 13.8 Å². The van der Waals surface area contributed by atoms with Gasteiger partial charge in [0.15, 0.2) is 11.5 Å². The number of halogens is 3. The van der Waals surface area contributed by atoms with Crippen LogP contribution in [0.25, 0.3) is 0 Å².